The highest BCUT2D eigenvalue weighted by molar-refractivity contribution is 8.70. The van der Waals surface area contributed by atoms with Crippen molar-refractivity contribution < 1.29 is 0 Å². The van der Waals surface area contributed by atoms with Gasteiger partial charge in [-0.3, -0.25) is 0 Å². The fraction of sp³-hybridized carbons (Fsp3) is 1.00. The molecule has 0 rings (SSSR count). The van der Waals surface area contributed by atoms with Crippen LogP contribution in [0, 0.1) is 0 Å². The summed E-state index contributed by atoms with van der Waals surface area (Å²) >= 11 is 7.35. The standard InChI is InChI=1S/C8H19PS2/c1-4-5-6-7-8-11-9(2,3)10/h4-8H2,1-3H3. The second-order valence-corrected chi connectivity index (χ2v) is 13.3. The molecule has 0 aliphatic heterocycles. The minimum atomic E-state index is -0.964. The van der Waals surface area contributed by atoms with Crippen molar-refractivity contribution in [2.75, 3.05) is 19.1 Å². The zero-order valence-corrected chi connectivity index (χ0v) is 10.3. The molecule has 0 heterocycles. The van der Waals surface area contributed by atoms with Crippen LogP contribution in [-0.4, -0.2) is 19.1 Å². The summed E-state index contributed by atoms with van der Waals surface area (Å²) in [6.45, 7) is 6.68. The Labute approximate surface area is 80.3 Å². The van der Waals surface area contributed by atoms with Crippen molar-refractivity contribution in [3.05, 3.63) is 0 Å². The summed E-state index contributed by atoms with van der Waals surface area (Å²) in [5.74, 6) is 1.28. The summed E-state index contributed by atoms with van der Waals surface area (Å²) in [7, 11) is 0. The maximum Gasteiger partial charge on any atom is 0.000717 e. The molecule has 0 unspecified atom stereocenters. The molecule has 0 spiro atoms. The molecular weight excluding hydrogens is 191 g/mol. The van der Waals surface area contributed by atoms with Gasteiger partial charge >= 0.3 is 0 Å². The van der Waals surface area contributed by atoms with Crippen molar-refractivity contribution in [2.45, 2.75) is 32.6 Å². The van der Waals surface area contributed by atoms with E-state index in [4.69, 9.17) is 11.8 Å². The van der Waals surface area contributed by atoms with Crippen LogP contribution < -0.4 is 0 Å². The van der Waals surface area contributed by atoms with E-state index in [9.17, 15) is 0 Å². The Morgan fingerprint density at radius 2 is 1.82 bits per heavy atom. The van der Waals surface area contributed by atoms with Gasteiger partial charge in [0.25, 0.3) is 0 Å². The molecule has 0 nitrogen and oxygen atoms in total. The second kappa shape index (κ2) is 6.51. The average Bonchev–Trinajstić information content (AvgIpc) is 1.85. The van der Waals surface area contributed by atoms with Crippen molar-refractivity contribution in [3.8, 4) is 0 Å². The summed E-state index contributed by atoms with van der Waals surface area (Å²) in [4.78, 5) is 0. The van der Waals surface area contributed by atoms with Gasteiger partial charge in [0.05, 0.1) is 0 Å². The van der Waals surface area contributed by atoms with Gasteiger partial charge < -0.3 is 0 Å². The minimum Gasteiger partial charge on any atom is -0.124 e. The Balaban J connectivity index is 3.09. The Morgan fingerprint density at radius 1 is 1.18 bits per heavy atom. The Bertz CT molecular complexity index is 128. The highest BCUT2D eigenvalue weighted by Gasteiger charge is 2.00. The van der Waals surface area contributed by atoms with Crippen molar-refractivity contribution in [2.24, 2.45) is 0 Å². The Kier molecular flexibility index (Phi) is 7.10. The molecule has 0 aromatic carbocycles. The van der Waals surface area contributed by atoms with E-state index in [2.05, 4.69) is 20.3 Å². The van der Waals surface area contributed by atoms with Crippen LogP contribution in [0.4, 0.5) is 0 Å². The average molecular weight is 210 g/mol. The van der Waals surface area contributed by atoms with Gasteiger partial charge in [0, 0.05) is 5.24 Å². The molecule has 0 N–H and O–H groups in total. The van der Waals surface area contributed by atoms with Gasteiger partial charge in [0.1, 0.15) is 0 Å². The first-order valence-corrected chi connectivity index (χ1v) is 9.54. The normalized spacial score (nSPS) is 11.9. The van der Waals surface area contributed by atoms with Crippen LogP contribution in [0.15, 0.2) is 0 Å². The van der Waals surface area contributed by atoms with Crippen LogP contribution in [0.5, 0.6) is 0 Å². The zero-order valence-electron chi connectivity index (χ0n) is 7.80. The monoisotopic (exact) mass is 210 g/mol. The van der Waals surface area contributed by atoms with Crippen LogP contribution in [0.2, 0.25) is 0 Å². The summed E-state index contributed by atoms with van der Waals surface area (Å²) in [6, 6.07) is 0. The molecule has 68 valence electrons. The van der Waals surface area contributed by atoms with Crippen molar-refractivity contribution in [1.82, 2.24) is 0 Å². The predicted molar refractivity (Wildman–Crippen MR) is 62.7 cm³/mol. The van der Waals surface area contributed by atoms with Crippen LogP contribution in [0.1, 0.15) is 32.6 Å². The van der Waals surface area contributed by atoms with E-state index in [1.165, 1.54) is 31.4 Å². The fourth-order valence-electron chi connectivity index (χ4n) is 0.813. The number of rotatable bonds is 6. The summed E-state index contributed by atoms with van der Waals surface area (Å²) < 4.78 is 0. The molecule has 0 amide bonds. The quantitative estimate of drug-likeness (QED) is 0.481. The van der Waals surface area contributed by atoms with Crippen LogP contribution in [-0.2, 0) is 11.8 Å². The highest BCUT2D eigenvalue weighted by atomic mass is 32.9. The number of hydrogen-bond acceptors (Lipinski definition) is 2. The van der Waals surface area contributed by atoms with Gasteiger partial charge in [-0.2, -0.15) is 0 Å². The van der Waals surface area contributed by atoms with Crippen molar-refractivity contribution in [1.29, 1.82) is 0 Å². The smallest absolute Gasteiger partial charge is 0.000717 e. The lowest BCUT2D eigenvalue weighted by atomic mass is 10.2. The van der Waals surface area contributed by atoms with Gasteiger partial charge in [0.15, 0.2) is 0 Å². The van der Waals surface area contributed by atoms with E-state index < -0.39 is 5.24 Å². The first kappa shape index (κ1) is 12.0. The lowest BCUT2D eigenvalue weighted by molar-refractivity contribution is 0.707. The van der Waals surface area contributed by atoms with Gasteiger partial charge in [-0.25, -0.2) is 0 Å². The molecule has 0 aromatic heterocycles. The third-order valence-corrected chi connectivity index (χ3v) is 5.85. The third kappa shape index (κ3) is 11.0. The van der Waals surface area contributed by atoms with Gasteiger partial charge in [-0.1, -0.05) is 38.0 Å². The first-order valence-electron chi connectivity index (χ1n) is 4.26. The highest BCUT2D eigenvalue weighted by Crippen LogP contribution is 2.51. The fourth-order valence-corrected chi connectivity index (χ4v) is 3.96. The van der Waals surface area contributed by atoms with Crippen molar-refractivity contribution in [3.63, 3.8) is 0 Å². The van der Waals surface area contributed by atoms with Gasteiger partial charge in [-0.05, 0) is 25.5 Å². The summed E-state index contributed by atoms with van der Waals surface area (Å²) in [5, 5.41) is -0.964. The first-order chi connectivity index (χ1) is 5.06. The zero-order chi connectivity index (χ0) is 8.74. The lowest BCUT2D eigenvalue weighted by Gasteiger charge is -2.08. The van der Waals surface area contributed by atoms with Crippen LogP contribution in [0.25, 0.3) is 0 Å². The number of hydrogen-bond donors (Lipinski definition) is 0. The maximum absolute atomic E-state index is 5.34. The van der Waals surface area contributed by atoms with Crippen molar-refractivity contribution >= 4 is 28.4 Å². The molecule has 11 heavy (non-hydrogen) atoms. The maximum atomic E-state index is 5.34. The van der Waals surface area contributed by atoms with Crippen LogP contribution >= 0.6 is 16.6 Å². The molecule has 0 saturated heterocycles. The molecule has 0 saturated carbocycles. The second-order valence-electron chi connectivity index (χ2n) is 3.15. The molecule has 0 bridgehead atoms. The van der Waals surface area contributed by atoms with E-state index in [0.29, 0.717) is 0 Å². The molecule has 0 fully saturated rings. The van der Waals surface area contributed by atoms with Gasteiger partial charge in [-0.15, -0.1) is 11.4 Å². The largest absolute Gasteiger partial charge is 0.124 e. The molecule has 0 atom stereocenters. The van der Waals surface area contributed by atoms with E-state index in [-0.39, 0.29) is 0 Å². The van der Waals surface area contributed by atoms with Crippen LogP contribution in [0.3, 0.4) is 0 Å². The van der Waals surface area contributed by atoms with E-state index in [1.54, 1.807) is 0 Å². The molecule has 0 aliphatic carbocycles. The SMILES string of the molecule is CCCCCCSP(C)(C)=S. The van der Waals surface area contributed by atoms with Gasteiger partial charge in [0.2, 0.25) is 0 Å². The summed E-state index contributed by atoms with van der Waals surface area (Å²) in [6.07, 6.45) is 5.46. The van der Waals surface area contributed by atoms with E-state index in [1.807, 2.05) is 11.4 Å². The Hall–Kier alpha value is 1.00. The molecule has 3 heteroatoms. The third-order valence-electron chi connectivity index (χ3n) is 1.40. The van der Waals surface area contributed by atoms with E-state index in [0.717, 1.165) is 0 Å². The summed E-state index contributed by atoms with van der Waals surface area (Å²) in [5.41, 5.74) is 0. The molecule has 0 radical (unpaired) electrons. The predicted octanol–water partition coefficient (Wildman–Crippen LogP) is 3.95. The lowest BCUT2D eigenvalue weighted by Crippen LogP contribution is -1.79. The minimum absolute atomic E-state index is 0.964. The number of unbranched alkanes of at least 4 members (excludes halogenated alkanes) is 3. The molecular formula is C8H19PS2. The topological polar surface area (TPSA) is 0 Å². The Morgan fingerprint density at radius 3 is 2.27 bits per heavy atom. The van der Waals surface area contributed by atoms with E-state index >= 15 is 0 Å². The molecule has 0 aliphatic rings. The molecule has 0 aromatic rings.